The molecular formula is C16H16N2O3S. The first-order valence-corrected chi connectivity index (χ1v) is 8.77. The Labute approximate surface area is 129 Å². The molecule has 0 aliphatic carbocycles. The molecule has 1 aliphatic rings. The highest BCUT2D eigenvalue weighted by Gasteiger charge is 2.18. The molecule has 0 unspecified atom stereocenters. The van der Waals surface area contributed by atoms with E-state index in [1.165, 1.54) is 6.26 Å². The molecule has 1 N–H and O–H groups in total. The Morgan fingerprint density at radius 1 is 1.05 bits per heavy atom. The molecule has 1 aliphatic heterocycles. The molecule has 1 heterocycles. The number of phenols is 1. The van der Waals surface area contributed by atoms with Gasteiger partial charge in [-0.15, -0.1) is 0 Å². The second-order valence-corrected chi connectivity index (χ2v) is 7.25. The molecule has 0 aromatic heterocycles. The van der Waals surface area contributed by atoms with Crippen LogP contribution in [0.15, 0.2) is 58.5 Å². The zero-order chi connectivity index (χ0) is 15.7. The van der Waals surface area contributed by atoms with Crippen LogP contribution in [-0.2, 0) is 9.84 Å². The summed E-state index contributed by atoms with van der Waals surface area (Å²) in [5.74, 6) is 0.225. The van der Waals surface area contributed by atoms with Gasteiger partial charge in [0.2, 0.25) is 0 Å². The van der Waals surface area contributed by atoms with Crippen molar-refractivity contribution >= 4 is 21.2 Å². The van der Waals surface area contributed by atoms with Crippen molar-refractivity contribution in [3.8, 4) is 5.75 Å². The maximum Gasteiger partial charge on any atom is 0.175 e. The number of benzene rings is 2. The van der Waals surface area contributed by atoms with Crippen LogP contribution in [0.1, 0.15) is 12.0 Å². The summed E-state index contributed by atoms with van der Waals surface area (Å²) in [6, 6.07) is 13.7. The van der Waals surface area contributed by atoms with Gasteiger partial charge >= 0.3 is 0 Å². The fourth-order valence-electron chi connectivity index (χ4n) is 2.37. The third-order valence-corrected chi connectivity index (χ3v) is 4.69. The molecule has 0 amide bonds. The summed E-state index contributed by atoms with van der Waals surface area (Å²) in [7, 11) is -3.17. The van der Waals surface area contributed by atoms with Gasteiger partial charge in [0.05, 0.1) is 16.3 Å². The average Bonchev–Trinajstić information content (AvgIpc) is 2.97. The van der Waals surface area contributed by atoms with E-state index in [2.05, 4.69) is 5.10 Å². The number of hydrazone groups is 1. The first-order valence-electron chi connectivity index (χ1n) is 6.88. The summed E-state index contributed by atoms with van der Waals surface area (Å²) in [6.07, 6.45) is 1.99. The predicted octanol–water partition coefficient (Wildman–Crippen LogP) is 2.41. The molecule has 2 aromatic carbocycles. The van der Waals surface area contributed by atoms with Crippen molar-refractivity contribution in [1.29, 1.82) is 0 Å². The van der Waals surface area contributed by atoms with E-state index in [0.29, 0.717) is 4.90 Å². The predicted molar refractivity (Wildman–Crippen MR) is 86.2 cm³/mol. The van der Waals surface area contributed by atoms with Crippen LogP contribution in [0, 0.1) is 0 Å². The molecule has 0 radical (unpaired) electrons. The van der Waals surface area contributed by atoms with Crippen LogP contribution in [0.25, 0.3) is 0 Å². The highest BCUT2D eigenvalue weighted by Crippen LogP contribution is 2.24. The van der Waals surface area contributed by atoms with Crippen LogP contribution in [0.3, 0.4) is 0 Å². The second kappa shape index (κ2) is 5.46. The summed E-state index contributed by atoms with van der Waals surface area (Å²) in [5.41, 5.74) is 2.77. The van der Waals surface area contributed by atoms with Gasteiger partial charge in [-0.25, -0.2) is 8.42 Å². The molecule has 3 rings (SSSR count). The number of phenolic OH excluding ortho intramolecular Hbond substituents is 1. The molecule has 0 fully saturated rings. The molecule has 6 heteroatoms. The normalized spacial score (nSPS) is 15.0. The van der Waals surface area contributed by atoms with E-state index >= 15 is 0 Å². The Kier molecular flexibility index (Phi) is 3.62. The third-order valence-electron chi connectivity index (χ3n) is 3.57. The van der Waals surface area contributed by atoms with Gasteiger partial charge in [0.15, 0.2) is 9.84 Å². The standard InChI is InChI=1S/C16H16N2O3S/c1-22(20,21)15-8-2-12(3-9-15)16-10-11-18(17-16)13-4-6-14(19)7-5-13/h2-9,19H,10-11H2,1H3. The molecule has 0 bridgehead atoms. The van der Waals surface area contributed by atoms with Crippen LogP contribution < -0.4 is 5.01 Å². The van der Waals surface area contributed by atoms with Gasteiger partial charge in [-0.3, -0.25) is 5.01 Å². The largest absolute Gasteiger partial charge is 0.508 e. The van der Waals surface area contributed by atoms with Crippen molar-refractivity contribution in [3.63, 3.8) is 0 Å². The van der Waals surface area contributed by atoms with E-state index in [1.807, 2.05) is 17.1 Å². The number of hydrogen-bond donors (Lipinski definition) is 1. The summed E-state index contributed by atoms with van der Waals surface area (Å²) in [6.45, 7) is 0.758. The Hall–Kier alpha value is -2.34. The van der Waals surface area contributed by atoms with E-state index in [9.17, 15) is 13.5 Å². The van der Waals surface area contributed by atoms with Gasteiger partial charge in [-0.2, -0.15) is 5.10 Å². The van der Waals surface area contributed by atoms with E-state index in [4.69, 9.17) is 0 Å². The van der Waals surface area contributed by atoms with Gasteiger partial charge in [0.1, 0.15) is 5.75 Å². The van der Waals surface area contributed by atoms with Crippen LogP contribution in [0.2, 0.25) is 0 Å². The first-order chi connectivity index (χ1) is 10.4. The number of rotatable bonds is 3. The Morgan fingerprint density at radius 2 is 1.68 bits per heavy atom. The van der Waals surface area contributed by atoms with E-state index in [1.54, 1.807) is 36.4 Å². The Bertz CT molecular complexity index is 809. The lowest BCUT2D eigenvalue weighted by Crippen LogP contribution is -2.11. The second-order valence-electron chi connectivity index (χ2n) is 5.23. The van der Waals surface area contributed by atoms with E-state index in [-0.39, 0.29) is 5.75 Å². The highest BCUT2D eigenvalue weighted by molar-refractivity contribution is 7.90. The van der Waals surface area contributed by atoms with Crippen LogP contribution in [0.4, 0.5) is 5.69 Å². The van der Waals surface area contributed by atoms with Crippen molar-refractivity contribution in [3.05, 3.63) is 54.1 Å². The lowest BCUT2D eigenvalue weighted by atomic mass is 10.1. The van der Waals surface area contributed by atoms with Crippen molar-refractivity contribution < 1.29 is 13.5 Å². The molecular weight excluding hydrogens is 300 g/mol. The molecule has 0 saturated carbocycles. The number of nitrogens with zero attached hydrogens (tertiary/aromatic N) is 2. The smallest absolute Gasteiger partial charge is 0.175 e. The minimum Gasteiger partial charge on any atom is -0.508 e. The zero-order valence-electron chi connectivity index (χ0n) is 12.1. The van der Waals surface area contributed by atoms with E-state index < -0.39 is 9.84 Å². The fourth-order valence-corrected chi connectivity index (χ4v) is 3.00. The summed E-state index contributed by atoms with van der Waals surface area (Å²) >= 11 is 0. The van der Waals surface area contributed by atoms with Crippen molar-refractivity contribution in [2.75, 3.05) is 17.8 Å². The van der Waals surface area contributed by atoms with Crippen LogP contribution >= 0.6 is 0 Å². The summed E-state index contributed by atoms with van der Waals surface area (Å²) in [5, 5.41) is 15.8. The quantitative estimate of drug-likeness (QED) is 0.944. The Morgan fingerprint density at radius 3 is 2.27 bits per heavy atom. The topological polar surface area (TPSA) is 70.0 Å². The number of hydrogen-bond acceptors (Lipinski definition) is 5. The van der Waals surface area contributed by atoms with Gasteiger partial charge < -0.3 is 5.11 Å². The summed E-state index contributed by atoms with van der Waals surface area (Å²) < 4.78 is 22.9. The maximum atomic E-state index is 11.5. The number of sulfone groups is 1. The molecule has 2 aromatic rings. The molecule has 0 spiro atoms. The van der Waals surface area contributed by atoms with Crippen molar-refractivity contribution in [2.24, 2.45) is 5.10 Å². The SMILES string of the molecule is CS(=O)(=O)c1ccc(C2=NN(c3ccc(O)cc3)CC2)cc1. The number of anilines is 1. The van der Waals surface area contributed by atoms with Crippen LogP contribution in [0.5, 0.6) is 5.75 Å². The lowest BCUT2D eigenvalue weighted by molar-refractivity contribution is 0.475. The van der Waals surface area contributed by atoms with Crippen LogP contribution in [-0.4, -0.2) is 32.0 Å². The van der Waals surface area contributed by atoms with Gasteiger partial charge in [0.25, 0.3) is 0 Å². The molecule has 0 saturated heterocycles. The van der Waals surface area contributed by atoms with Gasteiger partial charge in [-0.05, 0) is 42.0 Å². The first kappa shape index (κ1) is 14.6. The summed E-state index contributed by atoms with van der Waals surface area (Å²) in [4.78, 5) is 0.310. The molecule has 22 heavy (non-hydrogen) atoms. The monoisotopic (exact) mass is 316 g/mol. The lowest BCUT2D eigenvalue weighted by Gasteiger charge is -2.12. The minimum atomic E-state index is -3.17. The van der Waals surface area contributed by atoms with E-state index in [0.717, 1.165) is 29.9 Å². The Balaban J connectivity index is 1.84. The average molecular weight is 316 g/mol. The highest BCUT2D eigenvalue weighted by atomic mass is 32.2. The molecule has 0 atom stereocenters. The minimum absolute atomic E-state index is 0.225. The maximum absolute atomic E-state index is 11.5. The molecule has 114 valence electrons. The van der Waals surface area contributed by atoms with Crippen molar-refractivity contribution in [2.45, 2.75) is 11.3 Å². The van der Waals surface area contributed by atoms with Gasteiger partial charge in [0, 0.05) is 19.2 Å². The van der Waals surface area contributed by atoms with Gasteiger partial charge in [-0.1, -0.05) is 12.1 Å². The fraction of sp³-hybridized carbons (Fsp3) is 0.188. The van der Waals surface area contributed by atoms with Crippen molar-refractivity contribution in [1.82, 2.24) is 0 Å². The number of aromatic hydroxyl groups is 1. The molecule has 5 nitrogen and oxygen atoms in total. The third kappa shape index (κ3) is 2.96. The zero-order valence-corrected chi connectivity index (χ0v) is 12.9.